The molecule has 9 heteroatoms. The highest BCUT2D eigenvalue weighted by molar-refractivity contribution is 5.93. The molecule has 0 atom stereocenters. The molecule has 1 amide bonds. The average Bonchev–Trinajstić information content (AvgIpc) is 2.63. The lowest BCUT2D eigenvalue weighted by Gasteiger charge is -2.29. The van der Waals surface area contributed by atoms with Crippen molar-refractivity contribution < 1.29 is 22.4 Å². The summed E-state index contributed by atoms with van der Waals surface area (Å²) in [7, 11) is 1.63. The van der Waals surface area contributed by atoms with Gasteiger partial charge in [0.2, 0.25) is 0 Å². The van der Waals surface area contributed by atoms with Crippen molar-refractivity contribution in [1.29, 1.82) is 0 Å². The van der Waals surface area contributed by atoms with Gasteiger partial charge in [0, 0.05) is 7.05 Å². The summed E-state index contributed by atoms with van der Waals surface area (Å²) < 4.78 is 50.8. The zero-order valence-corrected chi connectivity index (χ0v) is 14.0. The van der Waals surface area contributed by atoms with Gasteiger partial charge in [-0.05, 0) is 42.0 Å². The number of hydrogen-bond acceptors (Lipinski definition) is 4. The van der Waals surface area contributed by atoms with E-state index in [0.717, 1.165) is 24.4 Å². The molecule has 27 heavy (non-hydrogen) atoms. The van der Waals surface area contributed by atoms with Gasteiger partial charge in [-0.15, -0.1) is 0 Å². The number of benzene rings is 1. The van der Waals surface area contributed by atoms with Crippen molar-refractivity contribution in [2.24, 2.45) is 0 Å². The number of hydrogen-bond donors (Lipinski definition) is 2. The average molecular weight is 378 g/mol. The van der Waals surface area contributed by atoms with E-state index in [0.29, 0.717) is 17.1 Å². The quantitative estimate of drug-likeness (QED) is 0.805. The maximum atomic E-state index is 12.9. The van der Waals surface area contributed by atoms with E-state index < -0.39 is 23.5 Å². The molecule has 5 nitrogen and oxygen atoms in total. The number of nitrogens with one attached hydrogen (secondary N) is 2. The molecule has 2 aromatic rings. The number of allylic oxidation sites excluding steroid dienone is 2. The maximum Gasteiger partial charge on any atom is 0.416 e. The largest absolute Gasteiger partial charge is 0.416 e. The van der Waals surface area contributed by atoms with Gasteiger partial charge in [0.05, 0.1) is 17.5 Å². The van der Waals surface area contributed by atoms with Gasteiger partial charge in [0.25, 0.3) is 5.91 Å². The first-order valence-corrected chi connectivity index (χ1v) is 7.77. The van der Waals surface area contributed by atoms with Crippen molar-refractivity contribution in [2.45, 2.75) is 6.18 Å². The van der Waals surface area contributed by atoms with Crippen LogP contribution in [0, 0.1) is 5.82 Å². The smallest absolute Gasteiger partial charge is 0.306 e. The van der Waals surface area contributed by atoms with Gasteiger partial charge in [-0.2, -0.15) is 13.2 Å². The van der Waals surface area contributed by atoms with Crippen molar-refractivity contribution in [3.63, 3.8) is 0 Å². The lowest BCUT2D eigenvalue weighted by molar-refractivity contribution is -0.137. The number of pyridine rings is 1. The molecule has 140 valence electrons. The van der Waals surface area contributed by atoms with E-state index >= 15 is 0 Å². The number of hydrazine groups is 1. The van der Waals surface area contributed by atoms with Gasteiger partial charge in [-0.3, -0.25) is 15.2 Å². The summed E-state index contributed by atoms with van der Waals surface area (Å²) in [6, 6.07) is 7.09. The Bertz CT molecular complexity index is 902. The van der Waals surface area contributed by atoms with Crippen LogP contribution in [0.2, 0.25) is 0 Å². The second-order valence-corrected chi connectivity index (χ2v) is 5.69. The molecule has 0 saturated heterocycles. The van der Waals surface area contributed by atoms with E-state index in [9.17, 15) is 22.4 Å². The number of carbonyl (C=O) groups is 1. The highest BCUT2D eigenvalue weighted by Gasteiger charge is 2.30. The molecule has 0 aliphatic carbocycles. The van der Waals surface area contributed by atoms with E-state index in [1.54, 1.807) is 19.2 Å². The SMILES string of the molecule is CN1NC(c2ccc(C(F)(F)F)cc2)=CC=C1NC(=O)c1ccc(F)cn1. The lowest BCUT2D eigenvalue weighted by atomic mass is 10.1. The van der Waals surface area contributed by atoms with Crippen LogP contribution in [0.15, 0.2) is 60.6 Å². The Hall–Kier alpha value is -3.36. The fourth-order valence-electron chi connectivity index (χ4n) is 2.37. The third-order valence-electron chi connectivity index (χ3n) is 3.78. The highest BCUT2D eigenvalue weighted by Crippen LogP contribution is 2.30. The first-order chi connectivity index (χ1) is 12.7. The summed E-state index contributed by atoms with van der Waals surface area (Å²) in [5, 5.41) is 4.11. The Labute approximate surface area is 152 Å². The molecule has 1 aromatic carbocycles. The van der Waals surface area contributed by atoms with E-state index in [-0.39, 0.29) is 5.69 Å². The van der Waals surface area contributed by atoms with Gasteiger partial charge in [-0.25, -0.2) is 9.37 Å². The Kier molecular flexibility index (Phi) is 4.85. The first-order valence-electron chi connectivity index (χ1n) is 7.77. The molecular formula is C18H14F4N4O. The monoisotopic (exact) mass is 378 g/mol. The number of carbonyl (C=O) groups excluding carboxylic acids is 1. The molecule has 3 rings (SSSR count). The topological polar surface area (TPSA) is 57.3 Å². The number of alkyl halides is 3. The van der Waals surface area contributed by atoms with Gasteiger partial charge < -0.3 is 5.32 Å². The molecule has 0 unspecified atom stereocenters. The molecule has 1 aliphatic heterocycles. The van der Waals surface area contributed by atoms with Gasteiger partial charge in [0.1, 0.15) is 17.3 Å². The van der Waals surface area contributed by atoms with Crippen LogP contribution >= 0.6 is 0 Å². The van der Waals surface area contributed by atoms with Crippen LogP contribution in [0.1, 0.15) is 21.6 Å². The predicted molar refractivity (Wildman–Crippen MR) is 90.1 cm³/mol. The van der Waals surface area contributed by atoms with Crippen molar-refractivity contribution in [3.05, 3.63) is 83.2 Å². The highest BCUT2D eigenvalue weighted by atomic mass is 19.4. The van der Waals surface area contributed by atoms with Gasteiger partial charge in [-0.1, -0.05) is 12.1 Å². The van der Waals surface area contributed by atoms with Crippen LogP contribution in [0.4, 0.5) is 17.6 Å². The van der Waals surface area contributed by atoms with Crippen molar-refractivity contribution >= 4 is 11.6 Å². The van der Waals surface area contributed by atoms with Gasteiger partial charge >= 0.3 is 6.18 Å². The Balaban J connectivity index is 1.75. The molecule has 1 aliphatic rings. The van der Waals surface area contributed by atoms with Crippen LogP contribution in [-0.4, -0.2) is 22.9 Å². The molecule has 0 spiro atoms. The summed E-state index contributed by atoms with van der Waals surface area (Å²) in [4.78, 5) is 15.8. The fraction of sp³-hybridized carbons (Fsp3) is 0.111. The van der Waals surface area contributed by atoms with Crippen molar-refractivity contribution in [2.75, 3.05) is 7.05 Å². The van der Waals surface area contributed by atoms with Crippen LogP contribution in [-0.2, 0) is 6.18 Å². The van der Waals surface area contributed by atoms with E-state index in [2.05, 4.69) is 15.7 Å². The summed E-state index contributed by atoms with van der Waals surface area (Å²) in [5.41, 5.74) is 3.38. The molecule has 0 bridgehead atoms. The Morgan fingerprint density at radius 2 is 1.81 bits per heavy atom. The number of amides is 1. The number of rotatable bonds is 3. The predicted octanol–water partition coefficient (Wildman–Crippen LogP) is 3.30. The molecule has 0 saturated carbocycles. The molecule has 1 aromatic heterocycles. The third-order valence-corrected chi connectivity index (χ3v) is 3.78. The van der Waals surface area contributed by atoms with Crippen LogP contribution < -0.4 is 10.7 Å². The fourth-order valence-corrected chi connectivity index (χ4v) is 2.37. The maximum absolute atomic E-state index is 12.9. The lowest BCUT2D eigenvalue weighted by Crippen LogP contribution is -2.42. The van der Waals surface area contributed by atoms with Crippen molar-refractivity contribution in [1.82, 2.24) is 20.7 Å². The van der Waals surface area contributed by atoms with Crippen molar-refractivity contribution in [3.8, 4) is 0 Å². The summed E-state index contributed by atoms with van der Waals surface area (Å²) in [6.07, 6.45) is -0.245. The van der Waals surface area contributed by atoms with E-state index in [1.165, 1.54) is 23.2 Å². The molecule has 0 radical (unpaired) electrons. The zero-order chi connectivity index (χ0) is 19.6. The summed E-state index contributed by atoms with van der Waals surface area (Å²) >= 11 is 0. The molecule has 0 fully saturated rings. The number of halogens is 4. The van der Waals surface area contributed by atoms with E-state index in [1.807, 2.05) is 0 Å². The molecule has 2 N–H and O–H groups in total. The van der Waals surface area contributed by atoms with Gasteiger partial charge in [0.15, 0.2) is 0 Å². The minimum Gasteiger partial charge on any atom is -0.306 e. The first kappa shape index (κ1) is 18.4. The number of nitrogens with zero attached hydrogens (tertiary/aromatic N) is 2. The summed E-state index contributed by atoms with van der Waals surface area (Å²) in [5.74, 6) is -0.686. The second-order valence-electron chi connectivity index (χ2n) is 5.69. The third kappa shape index (κ3) is 4.25. The second kappa shape index (κ2) is 7.10. The Morgan fingerprint density at radius 3 is 2.37 bits per heavy atom. The van der Waals surface area contributed by atoms with Crippen LogP contribution in [0.25, 0.3) is 5.70 Å². The molecular weight excluding hydrogens is 364 g/mol. The zero-order valence-electron chi connectivity index (χ0n) is 14.0. The van der Waals surface area contributed by atoms with Crippen LogP contribution in [0.5, 0.6) is 0 Å². The van der Waals surface area contributed by atoms with Crippen LogP contribution in [0.3, 0.4) is 0 Å². The Morgan fingerprint density at radius 1 is 1.11 bits per heavy atom. The van der Waals surface area contributed by atoms with E-state index in [4.69, 9.17) is 0 Å². The minimum atomic E-state index is -4.39. The number of aromatic nitrogens is 1. The normalized spacial score (nSPS) is 14.2. The standard InChI is InChI=1S/C18H14F4N4O/c1-26-16(24-17(27)15-7-6-13(19)10-23-15)9-8-14(25-26)11-2-4-12(5-3-11)18(20,21)22/h2-10,25H,1H3,(H,24,27). The molecule has 2 heterocycles. The minimum absolute atomic E-state index is 0.0446. The summed E-state index contributed by atoms with van der Waals surface area (Å²) in [6.45, 7) is 0.